The molecule has 0 aliphatic carbocycles. The molecule has 2 aromatic carbocycles. The van der Waals surface area contributed by atoms with E-state index in [4.69, 9.17) is 0 Å². The van der Waals surface area contributed by atoms with Gasteiger partial charge in [0.05, 0.1) is 17.0 Å². The molecule has 0 aliphatic rings. The molecule has 0 saturated heterocycles. The first-order valence-electron chi connectivity index (χ1n) is 9.49. The Morgan fingerprint density at radius 3 is 2.26 bits per heavy atom. The second-order valence-electron chi connectivity index (χ2n) is 6.73. The quantitative estimate of drug-likeness (QED) is 0.476. The first-order chi connectivity index (χ1) is 14.7. The fourth-order valence-electron chi connectivity index (χ4n) is 2.73. The number of aryl methyl sites for hydroxylation is 1. The topological polar surface area (TPSA) is 117 Å². The molecule has 10 heteroatoms. The predicted octanol–water partition coefficient (Wildman–Crippen LogP) is 3.46. The maximum absolute atomic E-state index is 12.3. The van der Waals surface area contributed by atoms with Crippen molar-refractivity contribution in [3.05, 3.63) is 65.2 Å². The van der Waals surface area contributed by atoms with Crippen LogP contribution in [0.5, 0.6) is 0 Å². The van der Waals surface area contributed by atoms with Gasteiger partial charge in [0.15, 0.2) is 5.13 Å². The van der Waals surface area contributed by atoms with E-state index in [0.717, 1.165) is 19.0 Å². The molecule has 0 spiro atoms. The van der Waals surface area contributed by atoms with E-state index in [2.05, 4.69) is 34.7 Å². The number of rotatable bonds is 8. The summed E-state index contributed by atoms with van der Waals surface area (Å²) in [6.45, 7) is 3.22. The van der Waals surface area contributed by atoms with Crippen LogP contribution in [0.3, 0.4) is 0 Å². The van der Waals surface area contributed by atoms with E-state index in [9.17, 15) is 18.0 Å². The van der Waals surface area contributed by atoms with E-state index in [-0.39, 0.29) is 17.2 Å². The lowest BCUT2D eigenvalue weighted by atomic mass is 10.1. The molecule has 1 heterocycles. The van der Waals surface area contributed by atoms with Crippen molar-refractivity contribution in [3.63, 3.8) is 0 Å². The lowest BCUT2D eigenvalue weighted by molar-refractivity contribution is -0.117. The summed E-state index contributed by atoms with van der Waals surface area (Å²) in [5.74, 6) is -0.950. The third kappa shape index (κ3) is 6.37. The molecule has 0 fully saturated rings. The van der Waals surface area contributed by atoms with Gasteiger partial charge in [-0.3, -0.25) is 9.59 Å². The molecule has 3 N–H and O–H groups in total. The van der Waals surface area contributed by atoms with E-state index in [1.54, 1.807) is 0 Å². The summed E-state index contributed by atoms with van der Waals surface area (Å²) in [5, 5.41) is 8.43. The zero-order valence-electron chi connectivity index (χ0n) is 17.0. The van der Waals surface area contributed by atoms with Gasteiger partial charge in [0, 0.05) is 23.7 Å². The largest absolute Gasteiger partial charge is 0.332 e. The number of aromatic nitrogens is 1. The molecule has 0 saturated carbocycles. The van der Waals surface area contributed by atoms with Crippen molar-refractivity contribution in [3.8, 4) is 0 Å². The molecule has 3 aromatic rings. The van der Waals surface area contributed by atoms with Crippen LogP contribution in [-0.2, 0) is 32.5 Å². The number of nitrogens with zero attached hydrogens (tertiary/aromatic N) is 1. The highest BCUT2D eigenvalue weighted by Crippen LogP contribution is 2.22. The summed E-state index contributed by atoms with van der Waals surface area (Å²) >= 11 is 1.41. The van der Waals surface area contributed by atoms with Crippen LogP contribution in [0, 0.1) is 0 Å². The third-order valence-corrected chi connectivity index (χ3v) is 6.49. The minimum Gasteiger partial charge on any atom is -0.332 e. The third-order valence-electron chi connectivity index (χ3n) is 4.23. The summed E-state index contributed by atoms with van der Waals surface area (Å²) in [4.78, 5) is 27.7. The molecule has 31 heavy (non-hydrogen) atoms. The summed E-state index contributed by atoms with van der Waals surface area (Å²) in [6, 6.07) is 13.6. The number of benzene rings is 2. The van der Waals surface area contributed by atoms with Crippen LogP contribution in [0.15, 0.2) is 58.8 Å². The van der Waals surface area contributed by atoms with Gasteiger partial charge in [-0.25, -0.2) is 18.1 Å². The Morgan fingerprint density at radius 2 is 1.65 bits per heavy atom. The first kappa shape index (κ1) is 22.4. The van der Waals surface area contributed by atoms with Crippen molar-refractivity contribution in [1.82, 2.24) is 9.71 Å². The Hall–Kier alpha value is -3.24. The number of hydrogen-bond acceptors (Lipinski definition) is 7. The Labute approximate surface area is 184 Å². The minimum absolute atomic E-state index is 0.0668. The average molecular weight is 459 g/mol. The van der Waals surface area contributed by atoms with Crippen molar-refractivity contribution in [2.24, 2.45) is 0 Å². The average Bonchev–Trinajstić information content (AvgIpc) is 3.14. The fourth-order valence-corrected chi connectivity index (χ4v) is 4.45. The molecule has 0 aliphatic heterocycles. The number of anilines is 3. The standard InChI is InChI=1S/C21H22N4O4S2/c1-3-15-4-6-17(7-5-15)23-21-24-18(13-30-21)12-20(27)22-16-8-10-19(11-9-16)31(28,29)25-14(2)26/h4-11,13H,3,12H2,1-2H3,(H,22,27)(H,23,24)(H,25,26). The number of amides is 2. The highest BCUT2D eigenvalue weighted by Gasteiger charge is 2.15. The monoisotopic (exact) mass is 458 g/mol. The van der Waals surface area contributed by atoms with Gasteiger partial charge in [-0.15, -0.1) is 11.3 Å². The van der Waals surface area contributed by atoms with Crippen LogP contribution in [0.4, 0.5) is 16.5 Å². The van der Waals surface area contributed by atoms with Gasteiger partial charge in [-0.05, 0) is 48.4 Å². The van der Waals surface area contributed by atoms with Gasteiger partial charge in [0.25, 0.3) is 10.0 Å². The van der Waals surface area contributed by atoms with Gasteiger partial charge >= 0.3 is 0 Å². The zero-order valence-corrected chi connectivity index (χ0v) is 18.6. The molecule has 3 rings (SSSR count). The molecule has 0 radical (unpaired) electrons. The van der Waals surface area contributed by atoms with Gasteiger partial charge in [-0.1, -0.05) is 19.1 Å². The van der Waals surface area contributed by atoms with Crippen molar-refractivity contribution >= 4 is 49.7 Å². The van der Waals surface area contributed by atoms with Crippen LogP contribution >= 0.6 is 11.3 Å². The Morgan fingerprint density at radius 1 is 1.00 bits per heavy atom. The molecule has 0 unspecified atom stereocenters. The molecule has 2 amide bonds. The summed E-state index contributed by atoms with van der Waals surface area (Å²) in [6.07, 6.45) is 1.06. The number of carbonyl (C=O) groups excluding carboxylic acids is 2. The minimum atomic E-state index is -3.91. The molecule has 162 valence electrons. The Balaban J connectivity index is 1.56. The second kappa shape index (κ2) is 9.71. The summed E-state index contributed by atoms with van der Waals surface area (Å²) < 4.78 is 25.8. The lowest BCUT2D eigenvalue weighted by Gasteiger charge is -2.07. The van der Waals surface area contributed by atoms with E-state index in [1.165, 1.54) is 41.2 Å². The van der Waals surface area contributed by atoms with Gasteiger partial charge in [-0.2, -0.15) is 0 Å². The van der Waals surface area contributed by atoms with Crippen LogP contribution in [0.2, 0.25) is 0 Å². The maximum Gasteiger partial charge on any atom is 0.264 e. The van der Waals surface area contributed by atoms with Crippen LogP contribution in [-0.4, -0.2) is 25.2 Å². The molecular formula is C21H22N4O4S2. The molecule has 0 atom stereocenters. The summed E-state index contributed by atoms with van der Waals surface area (Å²) in [5.41, 5.74) is 3.25. The normalized spacial score (nSPS) is 11.0. The number of sulfonamides is 1. The lowest BCUT2D eigenvalue weighted by Crippen LogP contribution is -2.28. The summed E-state index contributed by atoms with van der Waals surface area (Å²) in [7, 11) is -3.91. The van der Waals surface area contributed by atoms with Crippen molar-refractivity contribution < 1.29 is 18.0 Å². The first-order valence-corrected chi connectivity index (χ1v) is 11.8. The van der Waals surface area contributed by atoms with Gasteiger partial charge < -0.3 is 10.6 Å². The maximum atomic E-state index is 12.3. The zero-order chi connectivity index (χ0) is 22.4. The van der Waals surface area contributed by atoms with Crippen molar-refractivity contribution in [1.29, 1.82) is 0 Å². The van der Waals surface area contributed by atoms with E-state index in [1.807, 2.05) is 22.2 Å². The van der Waals surface area contributed by atoms with Crippen molar-refractivity contribution in [2.75, 3.05) is 10.6 Å². The van der Waals surface area contributed by atoms with Crippen molar-refractivity contribution in [2.45, 2.75) is 31.6 Å². The predicted molar refractivity (Wildman–Crippen MR) is 121 cm³/mol. The second-order valence-corrected chi connectivity index (χ2v) is 9.27. The highest BCUT2D eigenvalue weighted by molar-refractivity contribution is 7.90. The Kier molecular flexibility index (Phi) is 7.03. The number of nitrogens with one attached hydrogen (secondary N) is 3. The smallest absolute Gasteiger partial charge is 0.264 e. The molecule has 8 nitrogen and oxygen atoms in total. The molecular weight excluding hydrogens is 436 g/mol. The fraction of sp³-hybridized carbons (Fsp3) is 0.190. The number of thiazole rings is 1. The van der Waals surface area contributed by atoms with Crippen LogP contribution in [0.1, 0.15) is 25.1 Å². The van der Waals surface area contributed by atoms with Gasteiger partial charge in [0.1, 0.15) is 0 Å². The van der Waals surface area contributed by atoms with E-state index in [0.29, 0.717) is 16.5 Å². The van der Waals surface area contributed by atoms with Crippen LogP contribution in [0.25, 0.3) is 0 Å². The van der Waals surface area contributed by atoms with Gasteiger partial charge in [0.2, 0.25) is 11.8 Å². The highest BCUT2D eigenvalue weighted by atomic mass is 32.2. The SMILES string of the molecule is CCc1ccc(Nc2nc(CC(=O)Nc3ccc(S(=O)(=O)NC(C)=O)cc3)cs2)cc1. The van der Waals surface area contributed by atoms with E-state index < -0.39 is 15.9 Å². The molecule has 1 aromatic heterocycles. The molecule has 0 bridgehead atoms. The van der Waals surface area contributed by atoms with E-state index >= 15 is 0 Å². The Bertz CT molecular complexity index is 1170. The number of hydrogen-bond donors (Lipinski definition) is 3. The number of carbonyl (C=O) groups is 2. The van der Waals surface area contributed by atoms with Crippen LogP contribution < -0.4 is 15.4 Å².